The van der Waals surface area contributed by atoms with Gasteiger partial charge in [-0.3, -0.25) is 0 Å². The lowest BCUT2D eigenvalue weighted by Crippen LogP contribution is -2.23. The average Bonchev–Trinajstić information content (AvgIpc) is 3.07. The molecular formula is C24H25N3O6. The second kappa shape index (κ2) is 9.99. The summed E-state index contributed by atoms with van der Waals surface area (Å²) in [7, 11) is 1.58. The molecule has 2 aromatic carbocycles. The van der Waals surface area contributed by atoms with Crippen LogP contribution in [0, 0.1) is 0 Å². The quantitative estimate of drug-likeness (QED) is 0.306. The molecule has 0 bridgehead atoms. The van der Waals surface area contributed by atoms with Gasteiger partial charge in [-0.2, -0.15) is 5.10 Å². The van der Waals surface area contributed by atoms with E-state index in [0.717, 1.165) is 5.56 Å². The van der Waals surface area contributed by atoms with Crippen LogP contribution in [0.5, 0.6) is 11.6 Å². The number of carboxylic acids is 1. The number of aromatic nitrogens is 2. The Balaban J connectivity index is 1.69. The third-order valence-electron chi connectivity index (χ3n) is 4.27. The highest BCUT2D eigenvalue weighted by molar-refractivity contribution is 5.98. The molecule has 0 saturated carbocycles. The highest BCUT2D eigenvalue weighted by Crippen LogP contribution is 2.26. The van der Waals surface area contributed by atoms with E-state index in [2.05, 4.69) is 10.3 Å². The minimum atomic E-state index is -1.22. The molecule has 33 heavy (non-hydrogen) atoms. The van der Waals surface area contributed by atoms with Crippen LogP contribution < -0.4 is 4.74 Å². The molecule has 0 radical (unpaired) electrons. The van der Waals surface area contributed by atoms with Gasteiger partial charge in [0, 0.05) is 7.05 Å². The maximum atomic E-state index is 12.1. The highest BCUT2D eigenvalue weighted by Gasteiger charge is 2.22. The number of rotatable bonds is 8. The van der Waals surface area contributed by atoms with Crippen LogP contribution in [0.3, 0.4) is 0 Å². The molecule has 1 heterocycles. The first kappa shape index (κ1) is 23.5. The van der Waals surface area contributed by atoms with E-state index in [9.17, 15) is 14.7 Å². The van der Waals surface area contributed by atoms with Crippen molar-refractivity contribution in [3.63, 3.8) is 0 Å². The van der Waals surface area contributed by atoms with Crippen molar-refractivity contribution in [2.45, 2.75) is 33.0 Å². The number of oxime groups is 1. The van der Waals surface area contributed by atoms with E-state index in [4.69, 9.17) is 14.3 Å². The number of aromatic carboxylic acids is 1. The number of nitrogens with zero attached hydrogens (tertiary/aromatic N) is 3. The molecule has 0 fully saturated rings. The smallest absolute Gasteiger partial charge is 0.357 e. The fraction of sp³-hybridized carbons (Fsp3) is 0.250. The van der Waals surface area contributed by atoms with Crippen LogP contribution in [0.2, 0.25) is 0 Å². The van der Waals surface area contributed by atoms with Gasteiger partial charge in [-0.1, -0.05) is 35.5 Å². The number of aryl methyl sites for hydroxylation is 1. The van der Waals surface area contributed by atoms with Gasteiger partial charge in [0.25, 0.3) is 0 Å². The monoisotopic (exact) mass is 451 g/mol. The van der Waals surface area contributed by atoms with Crippen LogP contribution >= 0.6 is 0 Å². The maximum absolute atomic E-state index is 12.1. The van der Waals surface area contributed by atoms with Crippen molar-refractivity contribution < 1.29 is 29.0 Å². The van der Waals surface area contributed by atoms with E-state index < -0.39 is 17.5 Å². The minimum absolute atomic E-state index is 0.114. The number of carbonyl (C=O) groups excluding carboxylic acids is 1. The molecule has 1 N–H and O–H groups in total. The summed E-state index contributed by atoms with van der Waals surface area (Å²) in [6.07, 6.45) is 1.25. The van der Waals surface area contributed by atoms with Gasteiger partial charge in [0.05, 0.1) is 17.3 Å². The van der Waals surface area contributed by atoms with Crippen molar-refractivity contribution in [1.29, 1.82) is 0 Å². The number of ether oxygens (including phenoxy) is 2. The standard InChI is InChI=1S/C24H25N3O6/c1-24(2,3)33-23(30)17-12-10-16(11-13-17)15-31-25-14-19-20(22(28)29)26-27(4)21(19)32-18-8-6-5-7-9-18/h5-14H,15H2,1-4H3,(H,28,29). The molecule has 9 nitrogen and oxygen atoms in total. The fourth-order valence-corrected chi connectivity index (χ4v) is 2.80. The van der Waals surface area contributed by atoms with E-state index >= 15 is 0 Å². The van der Waals surface area contributed by atoms with Gasteiger partial charge in [-0.15, -0.1) is 0 Å². The van der Waals surface area contributed by atoms with Gasteiger partial charge >= 0.3 is 11.9 Å². The molecule has 1 aromatic heterocycles. The van der Waals surface area contributed by atoms with Gasteiger partial charge in [-0.25, -0.2) is 14.3 Å². The van der Waals surface area contributed by atoms with E-state index in [1.165, 1.54) is 10.9 Å². The lowest BCUT2D eigenvalue weighted by molar-refractivity contribution is 0.00692. The number of hydrogen-bond acceptors (Lipinski definition) is 7. The molecule has 0 amide bonds. The van der Waals surface area contributed by atoms with E-state index in [-0.39, 0.29) is 23.7 Å². The predicted octanol–water partition coefficient (Wildman–Crippen LogP) is 4.42. The molecule has 0 aliphatic carbocycles. The van der Waals surface area contributed by atoms with Crippen molar-refractivity contribution in [3.05, 3.63) is 77.0 Å². The molecule has 3 aromatic rings. The third-order valence-corrected chi connectivity index (χ3v) is 4.27. The zero-order valence-electron chi connectivity index (χ0n) is 18.8. The predicted molar refractivity (Wildman–Crippen MR) is 121 cm³/mol. The molecule has 0 atom stereocenters. The second-order valence-electron chi connectivity index (χ2n) is 8.12. The van der Waals surface area contributed by atoms with E-state index in [1.54, 1.807) is 76.3 Å². The zero-order chi connectivity index (χ0) is 24.0. The Morgan fingerprint density at radius 3 is 2.36 bits per heavy atom. The largest absolute Gasteiger partial charge is 0.476 e. The van der Waals surface area contributed by atoms with E-state index in [0.29, 0.717) is 11.3 Å². The number of carboxylic acid groups (broad SMARTS) is 1. The summed E-state index contributed by atoms with van der Waals surface area (Å²) in [6, 6.07) is 15.7. The van der Waals surface area contributed by atoms with Crippen LogP contribution in [0.15, 0.2) is 59.8 Å². The Morgan fingerprint density at radius 2 is 1.76 bits per heavy atom. The van der Waals surface area contributed by atoms with Gasteiger partial charge in [0.15, 0.2) is 5.69 Å². The summed E-state index contributed by atoms with van der Waals surface area (Å²) < 4.78 is 12.5. The summed E-state index contributed by atoms with van der Waals surface area (Å²) in [5.41, 5.74) is 0.593. The summed E-state index contributed by atoms with van der Waals surface area (Å²) in [4.78, 5) is 29.0. The first-order chi connectivity index (χ1) is 15.6. The van der Waals surface area contributed by atoms with Crippen LogP contribution in [0.25, 0.3) is 0 Å². The Labute approximate surface area is 191 Å². The van der Waals surface area contributed by atoms with Gasteiger partial charge in [0.2, 0.25) is 5.88 Å². The van der Waals surface area contributed by atoms with Crippen LogP contribution in [-0.2, 0) is 23.2 Å². The van der Waals surface area contributed by atoms with Crippen LogP contribution in [0.1, 0.15) is 52.7 Å². The minimum Gasteiger partial charge on any atom is -0.476 e. The van der Waals surface area contributed by atoms with Crippen LogP contribution in [-0.4, -0.2) is 38.6 Å². The second-order valence-corrected chi connectivity index (χ2v) is 8.12. The lowest BCUT2D eigenvalue weighted by atomic mass is 10.1. The normalized spacial score (nSPS) is 11.4. The Kier molecular flexibility index (Phi) is 7.12. The van der Waals surface area contributed by atoms with Crippen molar-refractivity contribution in [3.8, 4) is 11.6 Å². The number of hydrogen-bond donors (Lipinski definition) is 1. The first-order valence-corrected chi connectivity index (χ1v) is 10.1. The fourth-order valence-electron chi connectivity index (χ4n) is 2.80. The van der Waals surface area contributed by atoms with Gasteiger partial charge < -0.3 is 19.4 Å². The maximum Gasteiger partial charge on any atom is 0.357 e. The summed E-state index contributed by atoms with van der Waals surface area (Å²) >= 11 is 0. The summed E-state index contributed by atoms with van der Waals surface area (Å²) in [6.45, 7) is 5.53. The summed E-state index contributed by atoms with van der Waals surface area (Å²) in [5, 5.41) is 17.4. The Bertz CT molecular complexity index is 1150. The molecule has 0 aliphatic rings. The number of carbonyl (C=O) groups is 2. The van der Waals surface area contributed by atoms with Crippen LogP contribution in [0.4, 0.5) is 0 Å². The topological polar surface area (TPSA) is 112 Å². The Morgan fingerprint density at radius 1 is 1.09 bits per heavy atom. The SMILES string of the molecule is Cn1nc(C(=O)O)c(C=NOCc2ccc(C(=O)OC(C)(C)C)cc2)c1Oc1ccccc1. The van der Waals surface area contributed by atoms with E-state index in [1.807, 2.05) is 6.07 Å². The summed E-state index contributed by atoms with van der Waals surface area (Å²) in [5.74, 6) is -0.879. The van der Waals surface area contributed by atoms with Crippen molar-refractivity contribution >= 4 is 18.2 Å². The average molecular weight is 451 g/mol. The Hall–Kier alpha value is -4.14. The van der Waals surface area contributed by atoms with Crippen molar-refractivity contribution in [1.82, 2.24) is 9.78 Å². The molecule has 0 aliphatic heterocycles. The first-order valence-electron chi connectivity index (χ1n) is 10.1. The molecule has 0 spiro atoms. The molecule has 9 heteroatoms. The number of esters is 1. The van der Waals surface area contributed by atoms with Crippen molar-refractivity contribution in [2.24, 2.45) is 12.2 Å². The molecule has 0 unspecified atom stereocenters. The lowest BCUT2D eigenvalue weighted by Gasteiger charge is -2.19. The highest BCUT2D eigenvalue weighted by atomic mass is 16.6. The molecule has 0 saturated heterocycles. The molecular weight excluding hydrogens is 426 g/mol. The number of para-hydroxylation sites is 1. The molecule has 3 rings (SSSR count). The third kappa shape index (κ3) is 6.42. The van der Waals surface area contributed by atoms with Gasteiger partial charge in [-0.05, 0) is 50.6 Å². The zero-order valence-corrected chi connectivity index (χ0v) is 18.8. The molecule has 172 valence electrons. The van der Waals surface area contributed by atoms with Gasteiger partial charge in [0.1, 0.15) is 18.0 Å². The number of benzene rings is 2. The van der Waals surface area contributed by atoms with Crippen molar-refractivity contribution in [2.75, 3.05) is 0 Å².